The fourth-order valence-electron chi connectivity index (χ4n) is 6.56. The predicted molar refractivity (Wildman–Crippen MR) is 111 cm³/mol. The van der Waals surface area contributed by atoms with Crippen molar-refractivity contribution in [3.05, 3.63) is 22.7 Å². The molecule has 4 saturated carbocycles. The first kappa shape index (κ1) is 30.8. The predicted octanol–water partition coefficient (Wildman–Crippen LogP) is 4.00. The van der Waals surface area contributed by atoms with Crippen molar-refractivity contribution in [1.82, 2.24) is 0 Å². The molecule has 0 heterocycles. The third-order valence-corrected chi connectivity index (χ3v) is 9.65. The zero-order valence-corrected chi connectivity index (χ0v) is 25.0. The molecule has 4 atom stereocenters. The molecule has 35 heavy (non-hydrogen) atoms. The van der Waals surface area contributed by atoms with E-state index < -0.39 is 80.1 Å². The van der Waals surface area contributed by atoms with Crippen LogP contribution in [-0.2, 0) is 9.59 Å². The number of halogens is 6. The molecule has 192 valence electrons. The summed E-state index contributed by atoms with van der Waals surface area (Å²) in [5, 5.41) is 22.6. The van der Waals surface area contributed by atoms with Gasteiger partial charge in [0.2, 0.25) is 0 Å². The second-order valence-electron chi connectivity index (χ2n) is 11.4. The summed E-state index contributed by atoms with van der Waals surface area (Å²) in [6, 6.07) is 0. The van der Waals surface area contributed by atoms with Crippen molar-refractivity contribution in [2.45, 2.75) is 79.6 Å². The Morgan fingerprint density at radius 1 is 0.686 bits per heavy atom. The Kier molecular flexibility index (Phi) is 7.75. The number of Topliss-reactive ketones (excluding diaryl/α,β-unsaturated/α-hetero) is 2. The van der Waals surface area contributed by atoms with Gasteiger partial charge in [0.05, 0.1) is 0 Å². The molecule has 4 aliphatic rings. The SMILES string of the molecule is CC12CCC(/C(=C(/[O-])C(F)(F)F)C1=O)C2(C)C.CC12CCC(/C(=C(/[O-])C(F)(F)F)C1=O)C2(C)C.[Ba+2]. The molecule has 0 N–H and O–H groups in total. The monoisotopic (exact) mass is 632 g/mol. The standard InChI is InChI=1S/2C12H15F3O2.Ba/c2*1-10(2)6-4-5-11(10,3)8(16)7(6)9(17)12(13,14)15;/h2*6,17H,4-5H2,1-3H3;/q;;+2/p-2/b2*9-7-;. The Morgan fingerprint density at radius 3 is 1.11 bits per heavy atom. The van der Waals surface area contributed by atoms with E-state index >= 15 is 0 Å². The van der Waals surface area contributed by atoms with Gasteiger partial charge in [-0.15, -0.1) is 0 Å². The molecule has 4 aliphatic carbocycles. The quantitative estimate of drug-likeness (QED) is 0.175. The van der Waals surface area contributed by atoms with Crippen molar-refractivity contribution in [3.63, 3.8) is 0 Å². The average Bonchev–Trinajstić information content (AvgIpc) is 3.16. The number of allylic oxidation sites excluding steroid dienone is 4. The van der Waals surface area contributed by atoms with Gasteiger partial charge < -0.3 is 10.2 Å². The second-order valence-corrected chi connectivity index (χ2v) is 11.4. The molecule has 0 aliphatic heterocycles. The second kappa shape index (κ2) is 8.81. The number of carbonyl (C=O) groups is 2. The molecular weight excluding hydrogens is 604 g/mol. The Hall–Kier alpha value is -0.429. The summed E-state index contributed by atoms with van der Waals surface area (Å²) in [6.07, 6.45) is -7.76. The maximum absolute atomic E-state index is 12.5. The van der Waals surface area contributed by atoms with Crippen molar-refractivity contribution >= 4 is 60.4 Å². The van der Waals surface area contributed by atoms with Gasteiger partial charge in [-0.25, -0.2) is 0 Å². The van der Waals surface area contributed by atoms with E-state index in [0.29, 0.717) is 25.7 Å². The van der Waals surface area contributed by atoms with Gasteiger partial charge in [-0.1, -0.05) is 41.5 Å². The average molecular weight is 632 g/mol. The minimum Gasteiger partial charge on any atom is -0.869 e. The molecule has 0 aromatic heterocycles. The van der Waals surface area contributed by atoms with Crippen LogP contribution in [0.5, 0.6) is 0 Å². The summed E-state index contributed by atoms with van der Waals surface area (Å²) in [7, 11) is 0. The summed E-state index contributed by atoms with van der Waals surface area (Å²) in [5.41, 5.74) is -3.77. The number of hydrogen-bond acceptors (Lipinski definition) is 4. The normalized spacial score (nSPS) is 37.6. The van der Waals surface area contributed by atoms with Gasteiger partial charge in [0.15, 0.2) is 11.6 Å². The summed E-state index contributed by atoms with van der Waals surface area (Å²) in [6.45, 7) is 10.5. The number of hydrogen-bond donors (Lipinski definition) is 0. The van der Waals surface area contributed by atoms with E-state index in [1.54, 1.807) is 41.5 Å². The van der Waals surface area contributed by atoms with Gasteiger partial charge in [0, 0.05) is 10.8 Å². The van der Waals surface area contributed by atoms with Gasteiger partial charge in [0.25, 0.3) is 0 Å². The first-order valence-corrected chi connectivity index (χ1v) is 11.1. The largest absolute Gasteiger partial charge is 2.00 e. The third kappa shape index (κ3) is 4.17. The molecule has 0 saturated heterocycles. The minimum atomic E-state index is -4.94. The van der Waals surface area contributed by atoms with Crippen LogP contribution in [-0.4, -0.2) is 72.8 Å². The van der Waals surface area contributed by atoms with E-state index in [-0.39, 0.29) is 48.9 Å². The van der Waals surface area contributed by atoms with Crippen molar-refractivity contribution < 1.29 is 46.1 Å². The zero-order chi connectivity index (χ0) is 26.4. The topological polar surface area (TPSA) is 80.3 Å². The van der Waals surface area contributed by atoms with Crippen LogP contribution in [0.4, 0.5) is 26.3 Å². The molecule has 0 amide bonds. The van der Waals surface area contributed by atoms with E-state index in [1.165, 1.54) is 0 Å². The van der Waals surface area contributed by atoms with Crippen LogP contribution in [0.3, 0.4) is 0 Å². The smallest absolute Gasteiger partial charge is 0.869 e. The maximum atomic E-state index is 12.5. The molecule has 4 nitrogen and oxygen atoms in total. The summed E-state index contributed by atoms with van der Waals surface area (Å²) >= 11 is 0. The molecule has 0 aromatic carbocycles. The van der Waals surface area contributed by atoms with E-state index in [9.17, 15) is 46.1 Å². The number of rotatable bonds is 0. The van der Waals surface area contributed by atoms with Gasteiger partial charge in [-0.2, -0.15) is 26.3 Å². The Labute approximate surface area is 240 Å². The molecule has 4 bridgehead atoms. The molecule has 4 unspecified atom stereocenters. The molecule has 4 fully saturated rings. The number of ketones is 2. The number of carbonyl (C=O) groups excluding carboxylic acids is 2. The molecule has 0 aromatic rings. The molecule has 0 spiro atoms. The van der Waals surface area contributed by atoms with Crippen LogP contribution in [0.1, 0.15) is 67.2 Å². The van der Waals surface area contributed by atoms with Gasteiger partial charge >= 0.3 is 61.2 Å². The first-order valence-electron chi connectivity index (χ1n) is 11.1. The maximum Gasteiger partial charge on any atom is 2.00 e. The Morgan fingerprint density at radius 2 is 0.943 bits per heavy atom. The van der Waals surface area contributed by atoms with Crippen LogP contribution in [0.15, 0.2) is 22.7 Å². The van der Waals surface area contributed by atoms with Crippen molar-refractivity contribution in [2.24, 2.45) is 33.5 Å². The van der Waals surface area contributed by atoms with Crippen molar-refractivity contribution in [1.29, 1.82) is 0 Å². The molecule has 0 radical (unpaired) electrons. The van der Waals surface area contributed by atoms with E-state index in [2.05, 4.69) is 0 Å². The molecular formula is C24H28BaF6O4. The fourth-order valence-corrected chi connectivity index (χ4v) is 6.56. The van der Waals surface area contributed by atoms with Gasteiger partial charge in [-0.3, -0.25) is 9.59 Å². The summed E-state index contributed by atoms with van der Waals surface area (Å²) in [5.74, 6) is -6.17. The summed E-state index contributed by atoms with van der Waals surface area (Å²) in [4.78, 5) is 24.1. The minimum absolute atomic E-state index is 0. The van der Waals surface area contributed by atoms with Gasteiger partial charge in [0.1, 0.15) is 0 Å². The van der Waals surface area contributed by atoms with Crippen LogP contribution in [0.2, 0.25) is 0 Å². The van der Waals surface area contributed by atoms with Crippen LogP contribution in [0.25, 0.3) is 0 Å². The van der Waals surface area contributed by atoms with Gasteiger partial charge in [-0.05, 0) is 71.0 Å². The van der Waals surface area contributed by atoms with E-state index in [1.807, 2.05) is 0 Å². The van der Waals surface area contributed by atoms with E-state index in [0.717, 1.165) is 0 Å². The van der Waals surface area contributed by atoms with Crippen molar-refractivity contribution in [2.75, 3.05) is 0 Å². The molecule has 11 heteroatoms. The van der Waals surface area contributed by atoms with Crippen LogP contribution in [0, 0.1) is 33.5 Å². The summed E-state index contributed by atoms with van der Waals surface area (Å²) < 4.78 is 74.7. The number of alkyl halides is 6. The van der Waals surface area contributed by atoms with E-state index in [4.69, 9.17) is 0 Å². The van der Waals surface area contributed by atoms with Crippen LogP contribution < -0.4 is 10.2 Å². The Balaban J connectivity index is 0.000000240. The van der Waals surface area contributed by atoms with Crippen LogP contribution >= 0.6 is 0 Å². The Bertz CT molecular complexity index is 926. The van der Waals surface area contributed by atoms with Crippen molar-refractivity contribution in [3.8, 4) is 0 Å². The zero-order valence-electron chi connectivity index (χ0n) is 20.6. The molecule has 4 rings (SSSR count). The third-order valence-electron chi connectivity index (χ3n) is 9.65. The fraction of sp³-hybridized carbons (Fsp3) is 0.750. The first-order chi connectivity index (χ1) is 15.1. The number of fused-ring (bicyclic) bond motifs is 4.